The third-order valence-electron chi connectivity index (χ3n) is 4.09. The van der Waals surface area contributed by atoms with E-state index in [9.17, 15) is 9.59 Å². The monoisotopic (exact) mass is 425 g/mol. The van der Waals surface area contributed by atoms with Crippen molar-refractivity contribution in [1.29, 1.82) is 0 Å². The smallest absolute Gasteiger partial charge is 0.325 e. The molecule has 0 aliphatic heterocycles. The SMILES string of the molecule is COC(=O)CN(C)C(=O)c1cc2c(C)nn(Cc3ccc(Cl)cc3Cl)c2s1. The van der Waals surface area contributed by atoms with Crippen LogP contribution in [-0.2, 0) is 16.1 Å². The Labute approximate surface area is 170 Å². The maximum absolute atomic E-state index is 12.6. The summed E-state index contributed by atoms with van der Waals surface area (Å²) in [6, 6.07) is 7.13. The van der Waals surface area contributed by atoms with Gasteiger partial charge in [0.15, 0.2) is 0 Å². The maximum atomic E-state index is 12.6. The van der Waals surface area contributed by atoms with Crippen LogP contribution in [0.5, 0.6) is 0 Å². The number of hydrogen-bond acceptors (Lipinski definition) is 5. The van der Waals surface area contributed by atoms with Gasteiger partial charge < -0.3 is 9.64 Å². The predicted octanol–water partition coefficient (Wildman–Crippen LogP) is 4.01. The van der Waals surface area contributed by atoms with Crippen LogP contribution in [0.2, 0.25) is 10.0 Å². The lowest BCUT2D eigenvalue weighted by atomic mass is 10.2. The number of amides is 1. The first-order valence-electron chi connectivity index (χ1n) is 8.03. The van der Waals surface area contributed by atoms with Gasteiger partial charge in [0, 0.05) is 22.5 Å². The van der Waals surface area contributed by atoms with E-state index in [0.29, 0.717) is 21.5 Å². The van der Waals surface area contributed by atoms with Crippen LogP contribution in [-0.4, -0.2) is 47.3 Å². The summed E-state index contributed by atoms with van der Waals surface area (Å²) in [7, 11) is 2.86. The van der Waals surface area contributed by atoms with Crippen molar-refractivity contribution in [3.63, 3.8) is 0 Å². The molecular formula is C18H17Cl2N3O3S. The molecule has 0 unspecified atom stereocenters. The molecule has 0 aliphatic rings. The zero-order valence-electron chi connectivity index (χ0n) is 15.0. The molecule has 2 heterocycles. The number of aryl methyl sites for hydroxylation is 1. The number of halogens is 2. The number of ether oxygens (including phenoxy) is 1. The summed E-state index contributed by atoms with van der Waals surface area (Å²) in [6.45, 7) is 2.25. The largest absolute Gasteiger partial charge is 0.468 e. The molecule has 1 amide bonds. The van der Waals surface area contributed by atoms with Crippen molar-refractivity contribution in [1.82, 2.24) is 14.7 Å². The van der Waals surface area contributed by atoms with Crippen molar-refractivity contribution in [2.45, 2.75) is 13.5 Å². The van der Waals surface area contributed by atoms with Gasteiger partial charge in [0.05, 0.1) is 24.2 Å². The number of fused-ring (bicyclic) bond motifs is 1. The van der Waals surface area contributed by atoms with Gasteiger partial charge in [-0.1, -0.05) is 29.3 Å². The molecule has 0 aliphatic carbocycles. The van der Waals surface area contributed by atoms with E-state index in [2.05, 4.69) is 9.84 Å². The number of rotatable bonds is 5. The molecule has 0 fully saturated rings. The number of carbonyl (C=O) groups is 2. The van der Waals surface area contributed by atoms with E-state index in [-0.39, 0.29) is 12.5 Å². The second-order valence-electron chi connectivity index (χ2n) is 6.05. The molecule has 3 aromatic rings. The van der Waals surface area contributed by atoms with Gasteiger partial charge in [-0.05, 0) is 30.7 Å². The van der Waals surface area contributed by atoms with Gasteiger partial charge in [0.1, 0.15) is 11.4 Å². The summed E-state index contributed by atoms with van der Waals surface area (Å²) < 4.78 is 6.43. The topological polar surface area (TPSA) is 64.4 Å². The Kier molecular flexibility index (Phi) is 5.74. The molecule has 0 saturated carbocycles. The molecule has 6 nitrogen and oxygen atoms in total. The molecule has 3 rings (SSSR count). The minimum atomic E-state index is -0.466. The number of likely N-dealkylation sites (N-methyl/N-ethyl adjacent to an activating group) is 1. The quantitative estimate of drug-likeness (QED) is 0.579. The van der Waals surface area contributed by atoms with E-state index in [4.69, 9.17) is 23.2 Å². The second-order valence-corrected chi connectivity index (χ2v) is 7.92. The van der Waals surface area contributed by atoms with Crippen molar-refractivity contribution in [3.05, 3.63) is 50.4 Å². The summed E-state index contributed by atoms with van der Waals surface area (Å²) in [5.74, 6) is -0.705. The van der Waals surface area contributed by atoms with Crippen molar-refractivity contribution in [2.75, 3.05) is 20.7 Å². The van der Waals surface area contributed by atoms with Gasteiger partial charge in [-0.25, -0.2) is 0 Å². The molecule has 0 bridgehead atoms. The Hall–Kier alpha value is -2.09. The lowest BCUT2D eigenvalue weighted by molar-refractivity contribution is -0.141. The number of methoxy groups -OCH3 is 1. The average molecular weight is 426 g/mol. The molecule has 142 valence electrons. The van der Waals surface area contributed by atoms with E-state index >= 15 is 0 Å². The van der Waals surface area contributed by atoms with E-state index in [0.717, 1.165) is 21.5 Å². The van der Waals surface area contributed by atoms with Crippen LogP contribution in [0.25, 0.3) is 10.2 Å². The normalized spacial score (nSPS) is 11.0. The lowest BCUT2D eigenvalue weighted by Crippen LogP contribution is -2.32. The van der Waals surface area contributed by atoms with Gasteiger partial charge in [-0.15, -0.1) is 11.3 Å². The minimum absolute atomic E-state index is 0.102. The van der Waals surface area contributed by atoms with Gasteiger partial charge in [-0.2, -0.15) is 5.10 Å². The zero-order chi connectivity index (χ0) is 19.7. The summed E-state index contributed by atoms with van der Waals surface area (Å²) >= 11 is 13.6. The van der Waals surface area contributed by atoms with Crippen molar-refractivity contribution in [3.8, 4) is 0 Å². The third kappa shape index (κ3) is 4.10. The van der Waals surface area contributed by atoms with Crippen LogP contribution in [0, 0.1) is 6.92 Å². The zero-order valence-corrected chi connectivity index (χ0v) is 17.3. The fraction of sp³-hybridized carbons (Fsp3) is 0.278. The van der Waals surface area contributed by atoms with Gasteiger partial charge in [-0.3, -0.25) is 14.3 Å². The molecule has 0 N–H and O–H groups in total. The number of aromatic nitrogens is 2. The minimum Gasteiger partial charge on any atom is -0.468 e. The fourth-order valence-electron chi connectivity index (χ4n) is 2.65. The van der Waals surface area contributed by atoms with Crippen molar-refractivity contribution < 1.29 is 14.3 Å². The highest BCUT2D eigenvalue weighted by Crippen LogP contribution is 2.30. The van der Waals surface area contributed by atoms with Crippen molar-refractivity contribution in [2.24, 2.45) is 0 Å². The first kappa shape index (κ1) is 19.7. The first-order valence-corrected chi connectivity index (χ1v) is 9.60. The number of thiophene rings is 1. The van der Waals surface area contributed by atoms with Gasteiger partial charge in [0.25, 0.3) is 5.91 Å². The number of benzene rings is 1. The second kappa shape index (κ2) is 7.88. The van der Waals surface area contributed by atoms with Gasteiger partial charge in [0.2, 0.25) is 0 Å². The maximum Gasteiger partial charge on any atom is 0.325 e. The Bertz CT molecular complexity index is 1030. The van der Waals surface area contributed by atoms with Crippen molar-refractivity contribution >= 4 is 56.6 Å². The Morgan fingerprint density at radius 2 is 2.04 bits per heavy atom. The standard InChI is InChI=1S/C18H17Cl2N3O3S/c1-10-13-7-15(17(25)22(2)9-16(24)26-3)27-18(13)23(21-10)8-11-4-5-12(19)6-14(11)20/h4-7H,8-9H2,1-3H3. The van der Waals surface area contributed by atoms with Crippen LogP contribution >= 0.6 is 34.5 Å². The molecular weight excluding hydrogens is 409 g/mol. The Morgan fingerprint density at radius 3 is 2.70 bits per heavy atom. The number of nitrogens with zero attached hydrogens (tertiary/aromatic N) is 3. The summed E-state index contributed by atoms with van der Waals surface area (Å²) in [6.07, 6.45) is 0. The molecule has 9 heteroatoms. The summed E-state index contributed by atoms with van der Waals surface area (Å²) in [5, 5.41) is 6.59. The number of esters is 1. The molecule has 0 spiro atoms. The highest BCUT2D eigenvalue weighted by Gasteiger charge is 2.21. The van der Waals surface area contributed by atoms with Crippen LogP contribution in [0.4, 0.5) is 0 Å². The molecule has 27 heavy (non-hydrogen) atoms. The first-order chi connectivity index (χ1) is 12.8. The summed E-state index contributed by atoms with van der Waals surface area (Å²) in [4.78, 5) is 26.7. The van der Waals surface area contributed by atoms with Crippen LogP contribution in [0.15, 0.2) is 24.3 Å². The van der Waals surface area contributed by atoms with Crippen LogP contribution in [0.3, 0.4) is 0 Å². The molecule has 2 aromatic heterocycles. The molecule has 0 saturated heterocycles. The summed E-state index contributed by atoms with van der Waals surface area (Å²) in [5.41, 5.74) is 1.70. The van der Waals surface area contributed by atoms with E-state index in [1.165, 1.54) is 23.3 Å². The number of hydrogen-bond donors (Lipinski definition) is 0. The Morgan fingerprint density at radius 1 is 1.30 bits per heavy atom. The van der Waals surface area contributed by atoms with E-state index in [1.54, 1.807) is 25.2 Å². The highest BCUT2D eigenvalue weighted by atomic mass is 35.5. The van der Waals surface area contributed by atoms with E-state index < -0.39 is 5.97 Å². The molecule has 0 radical (unpaired) electrons. The van der Waals surface area contributed by atoms with Gasteiger partial charge >= 0.3 is 5.97 Å². The highest BCUT2D eigenvalue weighted by molar-refractivity contribution is 7.20. The van der Waals surface area contributed by atoms with Crippen LogP contribution < -0.4 is 0 Å². The average Bonchev–Trinajstić information content (AvgIpc) is 3.18. The van der Waals surface area contributed by atoms with E-state index in [1.807, 2.05) is 17.7 Å². The third-order valence-corrected chi connectivity index (χ3v) is 5.82. The molecule has 0 atom stereocenters. The lowest BCUT2D eigenvalue weighted by Gasteiger charge is -2.14. The predicted molar refractivity (Wildman–Crippen MR) is 107 cm³/mol. The molecule has 1 aromatic carbocycles. The Balaban J connectivity index is 1.91. The number of carbonyl (C=O) groups excluding carboxylic acids is 2. The van der Waals surface area contributed by atoms with Crippen LogP contribution in [0.1, 0.15) is 20.9 Å². The fourth-order valence-corrected chi connectivity index (χ4v) is 4.28.